The number of ether oxygens (including phenoxy) is 2. The highest BCUT2D eigenvalue weighted by molar-refractivity contribution is 7.07. The Labute approximate surface area is 192 Å². The summed E-state index contributed by atoms with van der Waals surface area (Å²) in [5.74, 6) is 1.38. The number of hydrogen-bond donors (Lipinski definition) is 0. The van der Waals surface area contributed by atoms with Crippen LogP contribution in [0.2, 0.25) is 0 Å². The molecule has 1 saturated heterocycles. The first-order chi connectivity index (χ1) is 15.7. The molecule has 1 fully saturated rings. The minimum Gasteiger partial charge on any atom is -0.494 e. The van der Waals surface area contributed by atoms with E-state index in [9.17, 15) is 4.79 Å². The molecule has 1 aliphatic rings. The van der Waals surface area contributed by atoms with Crippen LogP contribution in [-0.2, 0) is 11.3 Å². The van der Waals surface area contributed by atoms with Crippen LogP contribution in [0.3, 0.4) is 0 Å². The van der Waals surface area contributed by atoms with E-state index in [-0.39, 0.29) is 12.7 Å². The van der Waals surface area contributed by atoms with Crippen LogP contribution in [0.4, 0.5) is 4.79 Å². The van der Waals surface area contributed by atoms with Crippen molar-refractivity contribution in [1.29, 1.82) is 5.26 Å². The van der Waals surface area contributed by atoms with Crippen molar-refractivity contribution < 1.29 is 14.3 Å². The van der Waals surface area contributed by atoms with Gasteiger partial charge in [0.1, 0.15) is 12.4 Å². The fraction of sp³-hybridized carbons (Fsp3) is 0.320. The number of amides is 1. The first-order valence-electron chi connectivity index (χ1n) is 10.7. The normalized spacial score (nSPS) is 14.0. The Morgan fingerprint density at radius 2 is 1.97 bits per heavy atom. The molecule has 2 heterocycles. The predicted molar refractivity (Wildman–Crippen MR) is 123 cm³/mol. The molecule has 164 valence electrons. The third kappa shape index (κ3) is 5.86. The predicted octanol–water partition coefficient (Wildman–Crippen LogP) is 5.50. The smallest absolute Gasteiger partial charge is 0.410 e. The molecule has 32 heavy (non-hydrogen) atoms. The molecule has 0 bridgehead atoms. The molecule has 6 nitrogen and oxygen atoms in total. The van der Waals surface area contributed by atoms with E-state index >= 15 is 0 Å². The van der Waals surface area contributed by atoms with Gasteiger partial charge in [0, 0.05) is 18.5 Å². The Morgan fingerprint density at radius 1 is 1.16 bits per heavy atom. The maximum Gasteiger partial charge on any atom is 0.410 e. The standard InChI is InChI=1S/C25H25N3O3S/c26-15-20-4-6-21(7-5-20)22-2-1-3-24(14-22)30-13-10-19-8-11-28(12-9-19)25(29)31-16-23-17-32-18-27-23/h1-7,14,17-19H,8-13,16H2. The topological polar surface area (TPSA) is 75.5 Å². The molecular formula is C25H25N3O3S. The highest BCUT2D eigenvalue weighted by Crippen LogP contribution is 2.26. The third-order valence-electron chi connectivity index (χ3n) is 5.68. The van der Waals surface area contributed by atoms with E-state index in [1.54, 1.807) is 10.4 Å². The van der Waals surface area contributed by atoms with Crippen molar-refractivity contribution in [1.82, 2.24) is 9.88 Å². The summed E-state index contributed by atoms with van der Waals surface area (Å²) in [6.45, 7) is 2.32. The molecule has 0 saturated carbocycles. The summed E-state index contributed by atoms with van der Waals surface area (Å²) in [5.41, 5.74) is 5.30. The van der Waals surface area contributed by atoms with Gasteiger partial charge in [0.05, 0.1) is 29.4 Å². The van der Waals surface area contributed by atoms with Gasteiger partial charge in [0.25, 0.3) is 0 Å². The third-order valence-corrected chi connectivity index (χ3v) is 6.31. The van der Waals surface area contributed by atoms with Gasteiger partial charge in [0.15, 0.2) is 0 Å². The number of hydrogen-bond acceptors (Lipinski definition) is 6. The van der Waals surface area contributed by atoms with Gasteiger partial charge in [-0.05, 0) is 60.6 Å². The zero-order valence-electron chi connectivity index (χ0n) is 17.8. The summed E-state index contributed by atoms with van der Waals surface area (Å²) < 4.78 is 11.4. The molecule has 0 atom stereocenters. The quantitative estimate of drug-likeness (QED) is 0.478. The zero-order valence-corrected chi connectivity index (χ0v) is 18.6. The van der Waals surface area contributed by atoms with E-state index in [4.69, 9.17) is 14.7 Å². The van der Waals surface area contributed by atoms with Gasteiger partial charge in [-0.15, -0.1) is 11.3 Å². The van der Waals surface area contributed by atoms with Gasteiger partial charge >= 0.3 is 6.09 Å². The first-order valence-corrected chi connectivity index (χ1v) is 11.7. The van der Waals surface area contributed by atoms with E-state index in [2.05, 4.69) is 11.1 Å². The molecule has 1 amide bonds. The van der Waals surface area contributed by atoms with Crippen molar-refractivity contribution in [3.8, 4) is 22.9 Å². The van der Waals surface area contributed by atoms with Crippen molar-refractivity contribution in [3.05, 3.63) is 70.7 Å². The average molecular weight is 448 g/mol. The number of thiazole rings is 1. The molecule has 3 aromatic rings. The lowest BCUT2D eigenvalue weighted by Gasteiger charge is -2.31. The first kappa shape index (κ1) is 21.8. The molecule has 0 aliphatic carbocycles. The van der Waals surface area contributed by atoms with Crippen molar-refractivity contribution >= 4 is 17.4 Å². The molecule has 2 aromatic carbocycles. The van der Waals surface area contributed by atoms with E-state index in [0.29, 0.717) is 18.1 Å². The number of benzene rings is 2. The van der Waals surface area contributed by atoms with E-state index in [1.165, 1.54) is 11.3 Å². The van der Waals surface area contributed by atoms with Crippen molar-refractivity contribution in [2.75, 3.05) is 19.7 Å². The minimum absolute atomic E-state index is 0.234. The number of rotatable bonds is 7. The Morgan fingerprint density at radius 3 is 2.69 bits per heavy atom. The molecule has 0 N–H and O–H groups in total. The lowest BCUT2D eigenvalue weighted by molar-refractivity contribution is 0.0792. The van der Waals surface area contributed by atoms with Gasteiger partial charge in [0.2, 0.25) is 0 Å². The van der Waals surface area contributed by atoms with Gasteiger partial charge in [-0.1, -0.05) is 24.3 Å². The van der Waals surface area contributed by atoms with Crippen LogP contribution < -0.4 is 4.74 Å². The van der Waals surface area contributed by atoms with Crippen molar-refractivity contribution in [3.63, 3.8) is 0 Å². The highest BCUT2D eigenvalue weighted by atomic mass is 32.1. The summed E-state index contributed by atoms with van der Waals surface area (Å²) in [7, 11) is 0. The Balaban J connectivity index is 1.19. The van der Waals surface area contributed by atoms with Crippen molar-refractivity contribution in [2.24, 2.45) is 5.92 Å². The molecule has 0 unspecified atom stereocenters. The highest BCUT2D eigenvalue weighted by Gasteiger charge is 2.23. The van der Waals surface area contributed by atoms with Gasteiger partial charge < -0.3 is 14.4 Å². The van der Waals surface area contributed by atoms with Crippen molar-refractivity contribution in [2.45, 2.75) is 25.9 Å². The fourth-order valence-electron chi connectivity index (χ4n) is 3.79. The summed E-state index contributed by atoms with van der Waals surface area (Å²) >= 11 is 1.50. The lowest BCUT2D eigenvalue weighted by atomic mass is 9.94. The van der Waals surface area contributed by atoms with Crippen LogP contribution in [0.25, 0.3) is 11.1 Å². The molecule has 1 aromatic heterocycles. The Hall–Kier alpha value is -3.37. The number of likely N-dealkylation sites (tertiary alicyclic amines) is 1. The molecule has 4 rings (SSSR count). The number of nitriles is 1. The molecule has 7 heteroatoms. The molecule has 0 spiro atoms. The number of carbonyl (C=O) groups excluding carboxylic acids is 1. The summed E-state index contributed by atoms with van der Waals surface area (Å²) in [6, 6.07) is 17.7. The summed E-state index contributed by atoms with van der Waals surface area (Å²) in [6.07, 6.45) is 2.62. The second-order valence-corrected chi connectivity index (χ2v) is 8.54. The zero-order chi connectivity index (χ0) is 22.2. The van der Waals surface area contributed by atoms with E-state index < -0.39 is 0 Å². The summed E-state index contributed by atoms with van der Waals surface area (Å²) in [4.78, 5) is 18.1. The fourth-order valence-corrected chi connectivity index (χ4v) is 4.33. The van der Waals surface area contributed by atoms with Crippen LogP contribution in [0.5, 0.6) is 5.75 Å². The number of piperidine rings is 1. The maximum atomic E-state index is 12.2. The van der Waals surface area contributed by atoms with Gasteiger partial charge in [-0.25, -0.2) is 9.78 Å². The SMILES string of the molecule is N#Cc1ccc(-c2cccc(OCCC3CCN(C(=O)OCc4cscn4)CC3)c2)cc1. The van der Waals surface area contributed by atoms with E-state index in [0.717, 1.165) is 54.9 Å². The maximum absolute atomic E-state index is 12.2. The number of carbonyl (C=O) groups is 1. The molecule has 0 radical (unpaired) electrons. The number of aromatic nitrogens is 1. The Kier molecular flexibility index (Phi) is 7.36. The van der Waals surface area contributed by atoms with Crippen LogP contribution in [0, 0.1) is 17.2 Å². The van der Waals surface area contributed by atoms with Crippen LogP contribution in [-0.4, -0.2) is 35.7 Å². The van der Waals surface area contributed by atoms with Crippen LogP contribution >= 0.6 is 11.3 Å². The van der Waals surface area contributed by atoms with Crippen LogP contribution in [0.1, 0.15) is 30.5 Å². The van der Waals surface area contributed by atoms with Crippen LogP contribution in [0.15, 0.2) is 59.4 Å². The summed E-state index contributed by atoms with van der Waals surface area (Å²) in [5, 5.41) is 10.8. The molecule has 1 aliphatic heterocycles. The largest absolute Gasteiger partial charge is 0.494 e. The second kappa shape index (κ2) is 10.8. The number of nitrogens with zero attached hydrogens (tertiary/aromatic N) is 3. The van der Waals surface area contributed by atoms with Gasteiger partial charge in [-0.3, -0.25) is 0 Å². The monoisotopic (exact) mass is 447 g/mol. The second-order valence-electron chi connectivity index (χ2n) is 7.82. The Bertz CT molecular complexity index is 1050. The van der Waals surface area contributed by atoms with E-state index in [1.807, 2.05) is 53.9 Å². The lowest BCUT2D eigenvalue weighted by Crippen LogP contribution is -2.39. The minimum atomic E-state index is -0.257. The average Bonchev–Trinajstić information content (AvgIpc) is 3.37. The van der Waals surface area contributed by atoms with Gasteiger partial charge in [-0.2, -0.15) is 5.26 Å². The molecular weight excluding hydrogens is 422 g/mol.